The van der Waals surface area contributed by atoms with Gasteiger partial charge in [-0.1, -0.05) is 12.1 Å². The summed E-state index contributed by atoms with van der Waals surface area (Å²) in [6, 6.07) is 11.8. The summed E-state index contributed by atoms with van der Waals surface area (Å²) in [6.07, 6.45) is 2.33. The molecule has 124 valence electrons. The maximum absolute atomic E-state index is 12.1. The standard InChI is InChI=1S/C17H17N3O3S/c21-15-9-8-13(19-15)17(22)18-12-6-4-11(5-7-12)16(24)14-3-1-2-10-20(14)23/h1-7,10,13,16,24H,8-9H2,(H,18,22)(H,19,21)/t13-,16?/m0/s1. The van der Waals surface area contributed by atoms with Crippen molar-refractivity contribution in [2.24, 2.45) is 0 Å². The Bertz CT molecular complexity index is 764. The molecule has 0 saturated carbocycles. The van der Waals surface area contributed by atoms with Crippen LogP contribution in [0.15, 0.2) is 48.7 Å². The predicted octanol–water partition coefficient (Wildman–Crippen LogP) is 1.56. The lowest BCUT2D eigenvalue weighted by Crippen LogP contribution is -2.37. The molecule has 24 heavy (non-hydrogen) atoms. The lowest BCUT2D eigenvalue weighted by Gasteiger charge is -2.13. The van der Waals surface area contributed by atoms with Crippen molar-refractivity contribution < 1.29 is 14.3 Å². The van der Waals surface area contributed by atoms with E-state index < -0.39 is 6.04 Å². The summed E-state index contributed by atoms with van der Waals surface area (Å²) in [6.45, 7) is 0. The fraction of sp³-hybridized carbons (Fsp3) is 0.235. The van der Waals surface area contributed by atoms with Gasteiger partial charge in [-0.2, -0.15) is 17.4 Å². The Morgan fingerprint density at radius 2 is 2.04 bits per heavy atom. The summed E-state index contributed by atoms with van der Waals surface area (Å²) in [7, 11) is 0. The Balaban J connectivity index is 1.68. The van der Waals surface area contributed by atoms with Crippen LogP contribution in [0.3, 0.4) is 0 Å². The number of amides is 2. The van der Waals surface area contributed by atoms with Gasteiger partial charge in [0.25, 0.3) is 0 Å². The molecule has 0 spiro atoms. The minimum absolute atomic E-state index is 0.0998. The second kappa shape index (κ2) is 6.92. The quantitative estimate of drug-likeness (QED) is 0.447. The molecule has 1 fully saturated rings. The molecular weight excluding hydrogens is 326 g/mol. The van der Waals surface area contributed by atoms with E-state index in [-0.39, 0.29) is 17.1 Å². The highest BCUT2D eigenvalue weighted by atomic mass is 32.1. The van der Waals surface area contributed by atoms with E-state index >= 15 is 0 Å². The molecule has 2 aromatic rings. The number of rotatable bonds is 4. The van der Waals surface area contributed by atoms with Crippen LogP contribution in [-0.2, 0) is 9.59 Å². The molecule has 1 saturated heterocycles. The molecule has 3 rings (SSSR count). The molecule has 1 unspecified atom stereocenters. The largest absolute Gasteiger partial charge is 0.618 e. The first-order valence-electron chi connectivity index (χ1n) is 7.61. The van der Waals surface area contributed by atoms with Crippen molar-refractivity contribution in [2.45, 2.75) is 24.1 Å². The average molecular weight is 343 g/mol. The van der Waals surface area contributed by atoms with Crippen LogP contribution in [0.25, 0.3) is 0 Å². The van der Waals surface area contributed by atoms with Crippen molar-refractivity contribution in [1.29, 1.82) is 0 Å². The van der Waals surface area contributed by atoms with Crippen molar-refractivity contribution >= 4 is 30.1 Å². The van der Waals surface area contributed by atoms with Crippen LogP contribution in [-0.4, -0.2) is 17.9 Å². The minimum atomic E-state index is -0.474. The molecule has 6 nitrogen and oxygen atoms in total. The molecule has 2 atom stereocenters. The first-order valence-corrected chi connectivity index (χ1v) is 8.12. The molecular formula is C17H17N3O3S. The number of anilines is 1. The normalized spacial score (nSPS) is 18.0. The van der Waals surface area contributed by atoms with Gasteiger partial charge in [-0.3, -0.25) is 9.59 Å². The molecule has 1 aliphatic heterocycles. The second-order valence-corrected chi connectivity index (χ2v) is 6.14. The van der Waals surface area contributed by atoms with Crippen LogP contribution < -0.4 is 15.4 Å². The molecule has 0 bridgehead atoms. The van der Waals surface area contributed by atoms with Crippen molar-refractivity contribution in [1.82, 2.24) is 5.32 Å². The topological polar surface area (TPSA) is 85.1 Å². The van der Waals surface area contributed by atoms with E-state index in [9.17, 15) is 14.8 Å². The summed E-state index contributed by atoms with van der Waals surface area (Å²) in [5.74, 6) is -0.325. The van der Waals surface area contributed by atoms with E-state index in [0.717, 1.165) is 10.3 Å². The number of aromatic nitrogens is 1. The highest BCUT2D eigenvalue weighted by molar-refractivity contribution is 7.80. The molecule has 0 radical (unpaired) electrons. The molecule has 0 aliphatic carbocycles. The van der Waals surface area contributed by atoms with Crippen LogP contribution in [0.4, 0.5) is 5.69 Å². The van der Waals surface area contributed by atoms with E-state index in [1.807, 2.05) is 12.1 Å². The highest BCUT2D eigenvalue weighted by Gasteiger charge is 2.27. The van der Waals surface area contributed by atoms with Crippen LogP contribution in [0, 0.1) is 5.21 Å². The highest BCUT2D eigenvalue weighted by Crippen LogP contribution is 2.27. The van der Waals surface area contributed by atoms with E-state index in [4.69, 9.17) is 0 Å². The van der Waals surface area contributed by atoms with E-state index in [2.05, 4.69) is 23.3 Å². The molecule has 2 amide bonds. The Kier molecular flexibility index (Phi) is 4.71. The SMILES string of the molecule is O=C1CC[C@@H](C(=O)Nc2ccc(C(S)c3cccc[n+]3[O-])cc2)N1. The lowest BCUT2D eigenvalue weighted by molar-refractivity contribution is -0.613. The zero-order valence-electron chi connectivity index (χ0n) is 12.8. The van der Waals surface area contributed by atoms with Gasteiger partial charge in [0, 0.05) is 24.2 Å². The van der Waals surface area contributed by atoms with Crippen molar-refractivity contribution in [3.05, 3.63) is 65.1 Å². The van der Waals surface area contributed by atoms with Crippen LogP contribution in [0.2, 0.25) is 0 Å². The zero-order valence-corrected chi connectivity index (χ0v) is 13.7. The number of benzene rings is 1. The van der Waals surface area contributed by atoms with Gasteiger partial charge in [0.05, 0.1) is 0 Å². The van der Waals surface area contributed by atoms with Gasteiger partial charge in [-0.05, 0) is 30.2 Å². The van der Waals surface area contributed by atoms with E-state index in [1.165, 1.54) is 6.20 Å². The van der Waals surface area contributed by atoms with E-state index in [0.29, 0.717) is 24.2 Å². The maximum atomic E-state index is 12.1. The lowest BCUT2D eigenvalue weighted by atomic mass is 10.1. The first kappa shape index (κ1) is 16.3. The predicted molar refractivity (Wildman–Crippen MR) is 92.5 cm³/mol. The van der Waals surface area contributed by atoms with Crippen LogP contribution in [0.1, 0.15) is 29.3 Å². The van der Waals surface area contributed by atoms with Gasteiger partial charge in [-0.25, -0.2) is 0 Å². The number of carbonyl (C=O) groups is 2. The number of hydrogen-bond acceptors (Lipinski definition) is 4. The number of thiol groups is 1. The third kappa shape index (κ3) is 3.51. The monoisotopic (exact) mass is 343 g/mol. The fourth-order valence-electron chi connectivity index (χ4n) is 2.61. The van der Waals surface area contributed by atoms with Crippen molar-refractivity contribution in [3.8, 4) is 0 Å². The molecule has 2 heterocycles. The van der Waals surface area contributed by atoms with Gasteiger partial charge >= 0.3 is 0 Å². The molecule has 1 aromatic heterocycles. The third-order valence-electron chi connectivity index (χ3n) is 3.94. The Morgan fingerprint density at radius 3 is 2.67 bits per heavy atom. The maximum Gasteiger partial charge on any atom is 0.246 e. The van der Waals surface area contributed by atoms with Gasteiger partial charge < -0.3 is 15.8 Å². The molecule has 2 N–H and O–H groups in total. The molecule has 1 aromatic carbocycles. The van der Waals surface area contributed by atoms with Crippen molar-refractivity contribution in [2.75, 3.05) is 5.32 Å². The molecule has 1 aliphatic rings. The Morgan fingerprint density at radius 1 is 1.29 bits per heavy atom. The van der Waals surface area contributed by atoms with E-state index in [1.54, 1.807) is 30.3 Å². The summed E-state index contributed by atoms with van der Waals surface area (Å²) in [5.41, 5.74) is 2.01. The number of hydrogen-bond donors (Lipinski definition) is 3. The Hall–Kier alpha value is -2.54. The average Bonchev–Trinajstić information content (AvgIpc) is 3.02. The zero-order chi connectivity index (χ0) is 17.1. The Labute approximate surface area is 144 Å². The van der Waals surface area contributed by atoms with Crippen LogP contribution in [0.5, 0.6) is 0 Å². The smallest absolute Gasteiger partial charge is 0.246 e. The summed E-state index contributed by atoms with van der Waals surface area (Å²) in [4.78, 5) is 23.2. The van der Waals surface area contributed by atoms with Gasteiger partial charge in [-0.15, -0.1) is 0 Å². The number of pyridine rings is 1. The number of nitrogens with one attached hydrogen (secondary N) is 2. The third-order valence-corrected chi connectivity index (χ3v) is 4.50. The summed E-state index contributed by atoms with van der Waals surface area (Å²) < 4.78 is 0.788. The molecule has 7 heteroatoms. The minimum Gasteiger partial charge on any atom is -0.618 e. The summed E-state index contributed by atoms with van der Waals surface area (Å²) >= 11 is 4.51. The van der Waals surface area contributed by atoms with Gasteiger partial charge in [0.15, 0.2) is 6.20 Å². The second-order valence-electron chi connectivity index (χ2n) is 5.62. The number of carbonyl (C=O) groups excluding carboxylic acids is 2. The van der Waals surface area contributed by atoms with Gasteiger partial charge in [0.1, 0.15) is 11.3 Å². The fourth-order valence-corrected chi connectivity index (χ4v) is 2.98. The van der Waals surface area contributed by atoms with Crippen LogP contribution >= 0.6 is 12.6 Å². The number of nitrogens with zero attached hydrogens (tertiary/aromatic N) is 1. The van der Waals surface area contributed by atoms with Crippen molar-refractivity contribution in [3.63, 3.8) is 0 Å². The summed E-state index contributed by atoms with van der Waals surface area (Å²) in [5, 5.41) is 16.8. The first-order chi connectivity index (χ1) is 11.5. The van der Waals surface area contributed by atoms with Gasteiger partial charge in [0.2, 0.25) is 17.5 Å².